The van der Waals surface area contributed by atoms with Crippen LogP contribution in [0.3, 0.4) is 0 Å². The maximum atomic E-state index is 13.1. The van der Waals surface area contributed by atoms with Crippen LogP contribution in [0.5, 0.6) is 5.75 Å². The van der Waals surface area contributed by atoms with Crippen molar-refractivity contribution in [3.8, 4) is 5.75 Å². The van der Waals surface area contributed by atoms with Crippen molar-refractivity contribution in [1.29, 1.82) is 0 Å². The first kappa shape index (κ1) is 18.4. The number of likely N-dealkylation sites (tertiary alicyclic amines) is 1. The van der Waals surface area contributed by atoms with Gasteiger partial charge in [-0.05, 0) is 37.9 Å². The maximum absolute atomic E-state index is 13.1. The fourth-order valence-corrected chi connectivity index (χ4v) is 2.71. The molecule has 0 spiro atoms. The molecule has 8 heteroatoms. The van der Waals surface area contributed by atoms with Crippen molar-refractivity contribution >= 4 is 6.09 Å². The minimum atomic E-state index is -4.44. The SMILES string of the molecule is CN(C)Cc1cc(OC2CCN(C(=O)O)CC2)cc(C(F)(F)F)c1. The summed E-state index contributed by atoms with van der Waals surface area (Å²) in [5, 5.41) is 8.92. The minimum absolute atomic E-state index is 0.176. The lowest BCUT2D eigenvalue weighted by atomic mass is 10.1. The molecule has 0 saturated carbocycles. The van der Waals surface area contributed by atoms with Gasteiger partial charge in [0.15, 0.2) is 0 Å². The number of nitrogens with zero attached hydrogens (tertiary/aromatic N) is 2. The summed E-state index contributed by atoms with van der Waals surface area (Å²) in [6, 6.07) is 3.74. The second kappa shape index (κ2) is 7.29. The van der Waals surface area contributed by atoms with Crippen molar-refractivity contribution < 1.29 is 27.8 Å². The molecule has 1 saturated heterocycles. The van der Waals surface area contributed by atoms with E-state index >= 15 is 0 Å². The maximum Gasteiger partial charge on any atom is 0.416 e. The van der Waals surface area contributed by atoms with Gasteiger partial charge in [0, 0.05) is 32.5 Å². The van der Waals surface area contributed by atoms with Crippen LogP contribution < -0.4 is 4.74 Å². The summed E-state index contributed by atoms with van der Waals surface area (Å²) in [4.78, 5) is 13.9. The van der Waals surface area contributed by atoms with E-state index in [0.717, 1.165) is 12.1 Å². The number of hydrogen-bond donors (Lipinski definition) is 1. The molecule has 1 fully saturated rings. The average Bonchev–Trinajstić information content (AvgIpc) is 2.46. The number of benzene rings is 1. The first-order chi connectivity index (χ1) is 11.1. The van der Waals surface area contributed by atoms with E-state index in [2.05, 4.69) is 0 Å². The summed E-state index contributed by atoms with van der Waals surface area (Å²) < 4.78 is 44.9. The van der Waals surface area contributed by atoms with Crippen LogP contribution in [0.2, 0.25) is 0 Å². The Bertz CT molecular complexity index is 582. The third-order valence-corrected chi connectivity index (χ3v) is 3.81. The molecule has 24 heavy (non-hydrogen) atoms. The van der Waals surface area contributed by atoms with E-state index in [-0.39, 0.29) is 11.9 Å². The standard InChI is InChI=1S/C16H21F3N2O3/c1-20(2)10-11-7-12(16(17,18)19)9-14(8-11)24-13-3-5-21(6-4-13)15(22)23/h7-9,13H,3-6,10H2,1-2H3,(H,22,23). The number of rotatable bonds is 4. The lowest BCUT2D eigenvalue weighted by Crippen LogP contribution is -2.41. The largest absolute Gasteiger partial charge is 0.490 e. The van der Waals surface area contributed by atoms with Gasteiger partial charge in [0.1, 0.15) is 11.9 Å². The number of halogens is 3. The zero-order valence-electron chi connectivity index (χ0n) is 13.6. The lowest BCUT2D eigenvalue weighted by Gasteiger charge is -2.30. The van der Waals surface area contributed by atoms with Gasteiger partial charge in [-0.1, -0.05) is 0 Å². The fraction of sp³-hybridized carbons (Fsp3) is 0.562. The smallest absolute Gasteiger partial charge is 0.416 e. The first-order valence-electron chi connectivity index (χ1n) is 7.65. The van der Waals surface area contributed by atoms with Crippen molar-refractivity contribution in [3.63, 3.8) is 0 Å². The van der Waals surface area contributed by atoms with Crippen molar-refractivity contribution in [2.45, 2.75) is 31.7 Å². The highest BCUT2D eigenvalue weighted by molar-refractivity contribution is 5.65. The van der Waals surface area contributed by atoms with Gasteiger partial charge in [-0.3, -0.25) is 0 Å². The van der Waals surface area contributed by atoms with Crippen molar-refractivity contribution in [2.75, 3.05) is 27.2 Å². The Morgan fingerprint density at radius 1 is 1.29 bits per heavy atom. The van der Waals surface area contributed by atoms with E-state index in [1.54, 1.807) is 25.1 Å². The van der Waals surface area contributed by atoms with Gasteiger partial charge in [-0.25, -0.2) is 4.79 Å². The molecule has 2 rings (SSSR count). The third-order valence-electron chi connectivity index (χ3n) is 3.81. The van der Waals surface area contributed by atoms with Crippen LogP contribution >= 0.6 is 0 Å². The number of carbonyl (C=O) groups is 1. The van der Waals surface area contributed by atoms with Crippen LogP contribution in [0.4, 0.5) is 18.0 Å². The minimum Gasteiger partial charge on any atom is -0.490 e. The Hall–Kier alpha value is -1.96. The quantitative estimate of drug-likeness (QED) is 0.909. The van der Waals surface area contributed by atoms with E-state index in [9.17, 15) is 18.0 Å². The number of ether oxygens (including phenoxy) is 1. The van der Waals surface area contributed by atoms with E-state index in [0.29, 0.717) is 38.0 Å². The molecule has 0 radical (unpaired) electrons. The number of hydrogen-bond acceptors (Lipinski definition) is 3. The zero-order chi connectivity index (χ0) is 17.9. The fourth-order valence-electron chi connectivity index (χ4n) is 2.71. The number of piperidine rings is 1. The van der Waals surface area contributed by atoms with Crippen LogP contribution in [0, 0.1) is 0 Å². The molecule has 0 aromatic heterocycles. The number of alkyl halides is 3. The second-order valence-electron chi connectivity index (χ2n) is 6.19. The van der Waals surface area contributed by atoms with Gasteiger partial charge in [-0.2, -0.15) is 13.2 Å². The summed E-state index contributed by atoms with van der Waals surface area (Å²) in [6.45, 7) is 1.02. The lowest BCUT2D eigenvalue weighted by molar-refractivity contribution is -0.137. The van der Waals surface area contributed by atoms with Crippen LogP contribution in [-0.2, 0) is 12.7 Å². The Morgan fingerprint density at radius 3 is 2.42 bits per heavy atom. The molecule has 1 aromatic carbocycles. The Labute approximate surface area is 138 Å². The van der Waals surface area contributed by atoms with E-state index in [1.807, 2.05) is 0 Å². The highest BCUT2D eigenvalue weighted by Crippen LogP contribution is 2.33. The van der Waals surface area contributed by atoms with E-state index in [4.69, 9.17) is 9.84 Å². The molecule has 1 N–H and O–H groups in total. The molecule has 1 amide bonds. The van der Waals surface area contributed by atoms with Crippen molar-refractivity contribution in [3.05, 3.63) is 29.3 Å². The average molecular weight is 346 g/mol. The number of carboxylic acid groups (broad SMARTS) is 1. The summed E-state index contributed by atoms with van der Waals surface area (Å²) in [5.74, 6) is 0.176. The monoisotopic (exact) mass is 346 g/mol. The molecular formula is C16H21F3N2O3. The van der Waals surface area contributed by atoms with Gasteiger partial charge in [0.2, 0.25) is 0 Å². The van der Waals surface area contributed by atoms with Crippen LogP contribution in [0.25, 0.3) is 0 Å². The molecule has 0 atom stereocenters. The predicted molar refractivity (Wildman–Crippen MR) is 82.1 cm³/mol. The molecule has 0 bridgehead atoms. The summed E-state index contributed by atoms with van der Waals surface area (Å²) in [6.07, 6.45) is -4.78. The third kappa shape index (κ3) is 5.02. The Balaban J connectivity index is 2.13. The molecule has 1 aromatic rings. The van der Waals surface area contributed by atoms with E-state index in [1.165, 1.54) is 4.90 Å². The molecule has 5 nitrogen and oxygen atoms in total. The highest BCUT2D eigenvalue weighted by atomic mass is 19.4. The molecule has 1 heterocycles. The molecular weight excluding hydrogens is 325 g/mol. The van der Waals surface area contributed by atoms with Gasteiger partial charge < -0.3 is 19.6 Å². The van der Waals surface area contributed by atoms with Gasteiger partial charge >= 0.3 is 12.3 Å². The van der Waals surface area contributed by atoms with Gasteiger partial charge in [0.25, 0.3) is 0 Å². The Kier molecular flexibility index (Phi) is 5.58. The van der Waals surface area contributed by atoms with Crippen molar-refractivity contribution in [1.82, 2.24) is 9.80 Å². The normalized spacial score (nSPS) is 16.5. The van der Waals surface area contributed by atoms with Crippen LogP contribution in [0.15, 0.2) is 18.2 Å². The van der Waals surface area contributed by atoms with E-state index < -0.39 is 17.8 Å². The zero-order valence-corrected chi connectivity index (χ0v) is 13.6. The summed E-state index contributed by atoms with van der Waals surface area (Å²) in [7, 11) is 3.56. The molecule has 1 aliphatic heterocycles. The topological polar surface area (TPSA) is 53.0 Å². The van der Waals surface area contributed by atoms with Crippen LogP contribution in [0.1, 0.15) is 24.0 Å². The second-order valence-corrected chi connectivity index (χ2v) is 6.19. The summed E-state index contributed by atoms with van der Waals surface area (Å²) in [5.41, 5.74) is -0.215. The van der Waals surface area contributed by atoms with Crippen molar-refractivity contribution in [2.24, 2.45) is 0 Å². The van der Waals surface area contributed by atoms with Gasteiger partial charge in [-0.15, -0.1) is 0 Å². The molecule has 134 valence electrons. The van der Waals surface area contributed by atoms with Gasteiger partial charge in [0.05, 0.1) is 5.56 Å². The summed E-state index contributed by atoms with van der Waals surface area (Å²) >= 11 is 0. The molecule has 1 aliphatic rings. The first-order valence-corrected chi connectivity index (χ1v) is 7.65. The molecule has 0 aliphatic carbocycles. The molecule has 0 unspecified atom stereocenters. The highest BCUT2D eigenvalue weighted by Gasteiger charge is 2.32. The van der Waals surface area contributed by atoms with Crippen LogP contribution in [-0.4, -0.2) is 54.3 Å². The number of amides is 1. The predicted octanol–water partition coefficient (Wildman–Crippen LogP) is 3.29. The Morgan fingerprint density at radius 2 is 1.92 bits per heavy atom.